The third kappa shape index (κ3) is 19.4. The van der Waals surface area contributed by atoms with E-state index >= 15 is 0 Å². The largest absolute Gasteiger partial charge is 0.444 e. The van der Waals surface area contributed by atoms with Crippen LogP contribution in [0, 0.1) is 23.8 Å². The highest BCUT2D eigenvalue weighted by molar-refractivity contribution is 14.1. The fourth-order valence-electron chi connectivity index (χ4n) is 6.69. The summed E-state index contributed by atoms with van der Waals surface area (Å²) in [4.78, 5) is 66.2. The van der Waals surface area contributed by atoms with Crippen LogP contribution in [0.1, 0.15) is 99.3 Å². The first kappa shape index (κ1) is 53.0. The number of hydrogen-bond acceptors (Lipinski definition) is 15. The molecule has 3 fully saturated rings. The van der Waals surface area contributed by atoms with E-state index in [1.165, 1.54) is 82.2 Å². The van der Waals surface area contributed by atoms with Crippen LogP contribution >= 0.6 is 34.2 Å². The average molecular weight is 1050 g/mol. The van der Waals surface area contributed by atoms with Crippen molar-refractivity contribution in [3.05, 3.63) is 96.2 Å². The van der Waals surface area contributed by atoms with Crippen LogP contribution in [-0.2, 0) is 9.47 Å². The maximum atomic E-state index is 11.8. The van der Waals surface area contributed by atoms with Gasteiger partial charge in [-0.1, -0.05) is 11.6 Å². The smallest absolute Gasteiger partial charge is 0.412 e. The molecular weight excluding hydrogens is 985 g/mol. The predicted molar refractivity (Wildman–Crippen MR) is 266 cm³/mol. The van der Waals surface area contributed by atoms with Gasteiger partial charge < -0.3 is 24.2 Å². The van der Waals surface area contributed by atoms with E-state index in [0.29, 0.717) is 11.4 Å². The molecule has 66 heavy (non-hydrogen) atoms. The van der Waals surface area contributed by atoms with E-state index in [2.05, 4.69) is 67.9 Å². The Labute approximate surface area is 404 Å². The number of amides is 2. The van der Waals surface area contributed by atoms with Crippen LogP contribution in [0.2, 0.25) is 5.15 Å². The Morgan fingerprint density at radius 1 is 0.591 bits per heavy atom. The summed E-state index contributed by atoms with van der Waals surface area (Å²) in [7, 11) is 0. The van der Waals surface area contributed by atoms with Crippen LogP contribution in [0.3, 0.4) is 0 Å². The molecule has 0 aliphatic carbocycles. The molecule has 0 unspecified atom stereocenters. The summed E-state index contributed by atoms with van der Waals surface area (Å²) >= 11 is 7.60. The van der Waals surface area contributed by atoms with Crippen molar-refractivity contribution in [1.82, 2.24) is 19.9 Å². The zero-order chi connectivity index (χ0) is 48.3. The van der Waals surface area contributed by atoms with Gasteiger partial charge in [-0.25, -0.2) is 29.5 Å². The number of carbonyl (C=O) groups excluding carboxylic acids is 2. The number of carbonyl (C=O) groups is 2. The Balaban J connectivity index is 0.000000198. The van der Waals surface area contributed by atoms with E-state index in [4.69, 9.17) is 21.1 Å². The molecule has 7 rings (SSSR count). The van der Waals surface area contributed by atoms with Crippen LogP contribution in [0.4, 0.5) is 49.8 Å². The minimum absolute atomic E-state index is 0.0515. The Morgan fingerprint density at radius 2 is 1.00 bits per heavy atom. The summed E-state index contributed by atoms with van der Waals surface area (Å²) in [6.07, 6.45) is 16.0. The zero-order valence-electron chi connectivity index (χ0n) is 38.5. The van der Waals surface area contributed by atoms with Crippen molar-refractivity contribution in [3.63, 3.8) is 0 Å². The first-order valence-electron chi connectivity index (χ1n) is 22.0. The molecule has 2 amide bonds. The van der Waals surface area contributed by atoms with E-state index in [9.17, 15) is 29.8 Å². The van der Waals surface area contributed by atoms with E-state index in [1.54, 1.807) is 18.5 Å². The summed E-state index contributed by atoms with van der Waals surface area (Å²) in [6.45, 7) is 17.3. The van der Waals surface area contributed by atoms with Crippen molar-refractivity contribution in [2.45, 2.75) is 111 Å². The summed E-state index contributed by atoms with van der Waals surface area (Å²) in [5.74, 6) is 2.80. The van der Waals surface area contributed by atoms with Crippen molar-refractivity contribution < 1.29 is 28.9 Å². The summed E-state index contributed by atoms with van der Waals surface area (Å²) in [6, 6.07) is 11.7. The summed E-state index contributed by atoms with van der Waals surface area (Å²) < 4.78 is 11.4. The highest BCUT2D eigenvalue weighted by atomic mass is 127. The van der Waals surface area contributed by atoms with Crippen LogP contribution in [-0.4, -0.2) is 92.4 Å². The molecule has 21 heteroatoms. The van der Waals surface area contributed by atoms with Gasteiger partial charge in [0.25, 0.3) is 11.4 Å². The number of piperidine rings is 3. The third-order valence-corrected chi connectivity index (χ3v) is 10.9. The van der Waals surface area contributed by atoms with Crippen molar-refractivity contribution in [2.24, 2.45) is 0 Å². The third-order valence-electron chi connectivity index (χ3n) is 9.77. The molecule has 3 saturated heterocycles. The number of halogens is 2. The molecule has 2 N–H and O–H groups in total. The van der Waals surface area contributed by atoms with Crippen LogP contribution in [0.5, 0.6) is 0 Å². The molecule has 358 valence electrons. The van der Waals surface area contributed by atoms with Crippen molar-refractivity contribution in [3.8, 4) is 0 Å². The second-order valence-corrected chi connectivity index (χ2v) is 19.1. The number of rotatable bonds is 7. The molecular formula is C45H61ClIN11O8. The van der Waals surface area contributed by atoms with Gasteiger partial charge in [0, 0.05) is 55.0 Å². The lowest BCUT2D eigenvalue weighted by atomic mass is 10.1. The molecule has 19 nitrogen and oxygen atoms in total. The minimum Gasteiger partial charge on any atom is -0.444 e. The summed E-state index contributed by atoms with van der Waals surface area (Å²) in [5, 5.41) is 26.2. The normalized spacial score (nSPS) is 14.9. The second kappa shape index (κ2) is 25.9. The monoisotopic (exact) mass is 1050 g/mol. The van der Waals surface area contributed by atoms with Gasteiger partial charge in [0.2, 0.25) is 0 Å². The average Bonchev–Trinajstić information content (AvgIpc) is 3.28. The van der Waals surface area contributed by atoms with Crippen molar-refractivity contribution in [2.75, 3.05) is 64.6 Å². The number of ether oxygens (including phenoxy) is 2. The SMILES string of the molecule is CC(C)(C)OC(=O)Nc1ccc(N2CCCCC2)nc1.CC(C)(C)OC(=O)Nc1cnc(N2CCCCC2)cc1I.O=[N+]([O-])c1ccc(Cl)nc1.O=[N+]([O-])c1ccc(N2CCCCC2)nc1. The Bertz CT molecular complexity index is 2160. The molecule has 0 atom stereocenters. The van der Waals surface area contributed by atoms with Crippen molar-refractivity contribution >= 4 is 86.6 Å². The van der Waals surface area contributed by atoms with Gasteiger partial charge in [0.15, 0.2) is 0 Å². The van der Waals surface area contributed by atoms with Crippen molar-refractivity contribution in [1.29, 1.82) is 0 Å². The molecule has 0 aromatic carbocycles. The number of nitrogens with zero attached hydrogens (tertiary/aromatic N) is 9. The summed E-state index contributed by atoms with van der Waals surface area (Å²) in [5.41, 5.74) is 0.341. The van der Waals surface area contributed by atoms with Gasteiger partial charge in [-0.05, 0) is 152 Å². The molecule has 0 bridgehead atoms. The molecule has 0 saturated carbocycles. The minimum atomic E-state index is -0.524. The van der Waals surface area contributed by atoms with Gasteiger partial charge in [-0.3, -0.25) is 30.9 Å². The Hall–Kier alpha value is -5.64. The van der Waals surface area contributed by atoms with E-state index < -0.39 is 33.2 Å². The fourth-order valence-corrected chi connectivity index (χ4v) is 7.35. The lowest BCUT2D eigenvalue weighted by Gasteiger charge is -2.28. The van der Waals surface area contributed by atoms with Gasteiger partial charge in [0.05, 0.1) is 33.6 Å². The quantitative estimate of drug-likeness (QED) is 0.0760. The zero-order valence-corrected chi connectivity index (χ0v) is 41.4. The standard InChI is InChI=1S/C15H22IN3O2.C15H23N3O2.C10H13N3O2.C5H3ClN2O2/c1-15(2,3)21-14(20)18-12-10-17-13(9-11(12)16)19-7-5-4-6-8-19;1-15(2,3)20-14(19)17-12-7-8-13(16-11-12)18-9-5-4-6-10-18;14-13(15)9-4-5-10(11-8-9)12-6-2-1-3-7-12;6-5-2-1-4(3-7-5)8(9)10/h9-10H,4-8H2,1-3H3,(H,18,20);7-8,11H,4-6,9-10H2,1-3H3,(H,17,19);4-5,8H,1-3,6-7H2;1-3H. The van der Waals surface area contributed by atoms with Gasteiger partial charge in [-0.2, -0.15) is 0 Å². The lowest BCUT2D eigenvalue weighted by molar-refractivity contribution is -0.385. The van der Waals surface area contributed by atoms with Crippen LogP contribution in [0.15, 0.2) is 67.3 Å². The molecule has 7 heterocycles. The van der Waals surface area contributed by atoms with E-state index in [-0.39, 0.29) is 16.5 Å². The van der Waals surface area contributed by atoms with Gasteiger partial charge >= 0.3 is 12.2 Å². The molecule has 4 aromatic heterocycles. The Morgan fingerprint density at radius 3 is 1.38 bits per heavy atom. The lowest BCUT2D eigenvalue weighted by Crippen LogP contribution is -2.30. The molecule has 4 aromatic rings. The number of aromatic nitrogens is 4. The molecule has 3 aliphatic heterocycles. The number of nitro groups is 2. The van der Waals surface area contributed by atoms with Gasteiger partial charge in [-0.15, -0.1) is 0 Å². The predicted octanol–water partition coefficient (Wildman–Crippen LogP) is 11.1. The second-order valence-electron chi connectivity index (χ2n) is 17.6. The fraction of sp³-hybridized carbons (Fsp3) is 0.511. The number of hydrogen-bond donors (Lipinski definition) is 2. The molecule has 3 aliphatic rings. The van der Waals surface area contributed by atoms with E-state index in [1.807, 2.05) is 59.7 Å². The maximum absolute atomic E-state index is 11.8. The Kier molecular flexibility index (Phi) is 20.8. The van der Waals surface area contributed by atoms with E-state index in [0.717, 1.165) is 66.5 Å². The number of anilines is 5. The number of nitrogens with one attached hydrogen (secondary N) is 2. The number of pyridine rings is 4. The molecule has 0 radical (unpaired) electrons. The first-order chi connectivity index (χ1) is 31.3. The highest BCUT2D eigenvalue weighted by Crippen LogP contribution is 2.26. The molecule has 0 spiro atoms. The topological polar surface area (TPSA) is 224 Å². The maximum Gasteiger partial charge on any atom is 0.412 e. The van der Waals surface area contributed by atoms with Crippen LogP contribution in [0.25, 0.3) is 0 Å². The highest BCUT2D eigenvalue weighted by Gasteiger charge is 2.20. The van der Waals surface area contributed by atoms with Gasteiger partial charge in [0.1, 0.15) is 46.2 Å². The van der Waals surface area contributed by atoms with Crippen LogP contribution < -0.4 is 25.3 Å². The first-order valence-corrected chi connectivity index (χ1v) is 23.4.